The van der Waals surface area contributed by atoms with Crippen LogP contribution in [-0.4, -0.2) is 47.2 Å². The Morgan fingerprint density at radius 2 is 2.18 bits per heavy atom. The van der Waals surface area contributed by atoms with Crippen LogP contribution >= 0.6 is 23.5 Å². The summed E-state index contributed by atoms with van der Waals surface area (Å²) < 4.78 is 13.7. The van der Waals surface area contributed by atoms with Gasteiger partial charge in [0.1, 0.15) is 5.82 Å². The Morgan fingerprint density at radius 1 is 1.36 bits per heavy atom. The van der Waals surface area contributed by atoms with Crippen LogP contribution in [0.3, 0.4) is 0 Å². The fraction of sp³-hybridized carbons (Fsp3) is 0.526. The first-order valence-corrected chi connectivity index (χ1v) is 11.5. The van der Waals surface area contributed by atoms with Crippen molar-refractivity contribution >= 4 is 39.8 Å². The van der Waals surface area contributed by atoms with Gasteiger partial charge < -0.3 is 16.4 Å². The van der Waals surface area contributed by atoms with E-state index in [1.54, 1.807) is 12.1 Å². The zero-order chi connectivity index (χ0) is 19.8. The number of amidine groups is 2. The van der Waals surface area contributed by atoms with Gasteiger partial charge in [0.05, 0.1) is 24.4 Å². The van der Waals surface area contributed by atoms with E-state index in [1.807, 2.05) is 6.07 Å². The quantitative estimate of drug-likeness (QED) is 0.483. The number of aliphatic imine (C=N–C) groups is 2. The highest BCUT2D eigenvalue weighted by atomic mass is 32.2. The molecule has 2 aliphatic rings. The minimum Gasteiger partial charge on any atom is -0.379 e. The number of amides is 1. The van der Waals surface area contributed by atoms with Gasteiger partial charge in [0.15, 0.2) is 10.3 Å². The molecule has 1 aliphatic carbocycles. The first kappa shape index (κ1) is 21.0. The number of benzene rings is 1. The second-order valence-corrected chi connectivity index (χ2v) is 8.74. The average molecular weight is 424 g/mol. The standard InChI is InChI=1S/C19H26FN5OS2/c20-14-6-2-1-5-13(14)11-27-18(21)25-16-8-4-3-7-15(16)24-17(26)12-28-19-22-9-10-23-19/h1-2,5-6,15-16H,3-4,7-12H2,(H2,21,25)(H,22,23)(H,24,26). The number of nitrogens with one attached hydrogen (secondary N) is 2. The van der Waals surface area contributed by atoms with Crippen molar-refractivity contribution in [3.05, 3.63) is 35.6 Å². The van der Waals surface area contributed by atoms with Crippen LogP contribution < -0.4 is 16.4 Å². The lowest BCUT2D eigenvalue weighted by molar-refractivity contribution is -0.119. The number of thioether (sulfide) groups is 2. The largest absolute Gasteiger partial charge is 0.379 e. The summed E-state index contributed by atoms with van der Waals surface area (Å²) in [6.45, 7) is 1.61. The van der Waals surface area contributed by atoms with Crippen molar-refractivity contribution in [1.82, 2.24) is 10.6 Å². The summed E-state index contributed by atoms with van der Waals surface area (Å²) in [4.78, 5) is 21.2. The van der Waals surface area contributed by atoms with Gasteiger partial charge in [0.25, 0.3) is 0 Å². The van der Waals surface area contributed by atoms with Gasteiger partial charge in [0, 0.05) is 12.3 Å². The van der Waals surface area contributed by atoms with E-state index in [9.17, 15) is 9.18 Å². The van der Waals surface area contributed by atoms with E-state index in [0.717, 1.165) is 43.9 Å². The molecule has 152 valence electrons. The van der Waals surface area contributed by atoms with Crippen LogP contribution in [0.15, 0.2) is 34.3 Å². The Bertz CT molecular complexity index is 743. The molecule has 28 heavy (non-hydrogen) atoms. The molecule has 9 heteroatoms. The normalized spacial score (nSPS) is 22.5. The third-order valence-corrected chi connectivity index (χ3v) is 6.50. The van der Waals surface area contributed by atoms with Gasteiger partial charge in [-0.3, -0.25) is 14.8 Å². The second kappa shape index (κ2) is 10.7. The Morgan fingerprint density at radius 3 is 2.96 bits per heavy atom. The van der Waals surface area contributed by atoms with E-state index in [4.69, 9.17) is 5.73 Å². The highest BCUT2D eigenvalue weighted by Crippen LogP contribution is 2.23. The van der Waals surface area contributed by atoms with Crippen LogP contribution in [0.5, 0.6) is 0 Å². The number of halogens is 1. The minimum absolute atomic E-state index is 0.00654. The van der Waals surface area contributed by atoms with Crippen LogP contribution in [0.1, 0.15) is 31.2 Å². The Labute approximate surface area is 173 Å². The summed E-state index contributed by atoms with van der Waals surface area (Å²) in [5, 5.41) is 7.53. The van der Waals surface area contributed by atoms with E-state index in [1.165, 1.54) is 29.6 Å². The molecule has 3 rings (SSSR count). The van der Waals surface area contributed by atoms with Gasteiger partial charge in [-0.2, -0.15) is 0 Å². The predicted octanol–water partition coefficient (Wildman–Crippen LogP) is 2.49. The van der Waals surface area contributed by atoms with Gasteiger partial charge in [-0.1, -0.05) is 54.6 Å². The molecule has 1 aromatic rings. The average Bonchev–Trinajstić information content (AvgIpc) is 3.21. The molecule has 4 N–H and O–H groups in total. The highest BCUT2D eigenvalue weighted by molar-refractivity contribution is 8.14. The summed E-state index contributed by atoms with van der Waals surface area (Å²) in [7, 11) is 0. The maximum atomic E-state index is 13.7. The lowest BCUT2D eigenvalue weighted by Crippen LogP contribution is -2.45. The number of carbonyl (C=O) groups is 1. The first-order valence-electron chi connectivity index (χ1n) is 9.52. The minimum atomic E-state index is -0.232. The molecule has 1 aromatic carbocycles. The molecule has 0 spiro atoms. The molecule has 0 saturated heterocycles. The third-order valence-electron chi connectivity index (χ3n) is 4.69. The van der Waals surface area contributed by atoms with Gasteiger partial charge in [0.2, 0.25) is 5.91 Å². The second-order valence-electron chi connectivity index (χ2n) is 6.78. The van der Waals surface area contributed by atoms with Crippen molar-refractivity contribution in [3.63, 3.8) is 0 Å². The molecule has 1 heterocycles. The van der Waals surface area contributed by atoms with E-state index >= 15 is 0 Å². The first-order chi connectivity index (χ1) is 13.6. The molecule has 0 aromatic heterocycles. The van der Waals surface area contributed by atoms with Gasteiger partial charge in [-0.15, -0.1) is 0 Å². The molecule has 1 aliphatic heterocycles. The summed E-state index contributed by atoms with van der Waals surface area (Å²) in [5.41, 5.74) is 6.70. The molecular formula is C19H26FN5OS2. The van der Waals surface area contributed by atoms with Crippen molar-refractivity contribution in [1.29, 1.82) is 0 Å². The number of carbonyl (C=O) groups excluding carboxylic acids is 1. The monoisotopic (exact) mass is 423 g/mol. The highest BCUT2D eigenvalue weighted by Gasteiger charge is 2.26. The number of hydrogen-bond donors (Lipinski definition) is 3. The van der Waals surface area contributed by atoms with Crippen molar-refractivity contribution in [3.8, 4) is 0 Å². The zero-order valence-electron chi connectivity index (χ0n) is 15.7. The van der Waals surface area contributed by atoms with Crippen LogP contribution in [0, 0.1) is 5.82 Å². The van der Waals surface area contributed by atoms with E-state index in [-0.39, 0.29) is 23.8 Å². The summed E-state index contributed by atoms with van der Waals surface area (Å²) in [5.74, 6) is 0.545. The molecule has 0 bridgehead atoms. The fourth-order valence-electron chi connectivity index (χ4n) is 3.26. The van der Waals surface area contributed by atoms with Crippen molar-refractivity contribution in [2.24, 2.45) is 15.7 Å². The Balaban J connectivity index is 1.50. The van der Waals surface area contributed by atoms with E-state index < -0.39 is 0 Å². The Hall–Kier alpha value is -1.74. The number of rotatable bonds is 6. The maximum Gasteiger partial charge on any atom is 0.230 e. The van der Waals surface area contributed by atoms with Crippen molar-refractivity contribution < 1.29 is 9.18 Å². The number of nitrogens with two attached hydrogens (primary N) is 1. The van der Waals surface area contributed by atoms with E-state index in [2.05, 4.69) is 20.6 Å². The maximum absolute atomic E-state index is 13.7. The SMILES string of the molecule is N/C(=N\C1CCCCC1NC(=O)CSC1=NCCN1)SCc1ccccc1F. The van der Waals surface area contributed by atoms with Gasteiger partial charge in [-0.25, -0.2) is 4.39 Å². The van der Waals surface area contributed by atoms with Crippen LogP contribution in [0.25, 0.3) is 0 Å². The van der Waals surface area contributed by atoms with Gasteiger partial charge in [-0.05, 0) is 24.5 Å². The molecule has 1 saturated carbocycles. The summed E-state index contributed by atoms with van der Waals surface area (Å²) >= 11 is 2.76. The molecule has 2 unspecified atom stereocenters. The number of nitrogens with zero attached hydrogens (tertiary/aromatic N) is 2. The van der Waals surface area contributed by atoms with Gasteiger partial charge >= 0.3 is 0 Å². The third kappa shape index (κ3) is 6.41. The lowest BCUT2D eigenvalue weighted by Gasteiger charge is -2.29. The summed E-state index contributed by atoms with van der Waals surface area (Å²) in [6.07, 6.45) is 3.93. The van der Waals surface area contributed by atoms with Crippen molar-refractivity contribution in [2.45, 2.75) is 43.5 Å². The molecule has 1 amide bonds. The van der Waals surface area contributed by atoms with E-state index in [0.29, 0.717) is 22.2 Å². The topological polar surface area (TPSA) is 91.9 Å². The molecule has 6 nitrogen and oxygen atoms in total. The summed E-state index contributed by atoms with van der Waals surface area (Å²) in [6, 6.07) is 6.64. The zero-order valence-corrected chi connectivity index (χ0v) is 17.3. The lowest BCUT2D eigenvalue weighted by atomic mass is 9.91. The predicted molar refractivity (Wildman–Crippen MR) is 116 cm³/mol. The van der Waals surface area contributed by atoms with Crippen LogP contribution in [0.4, 0.5) is 4.39 Å². The fourth-order valence-corrected chi connectivity index (χ4v) is 4.74. The molecule has 1 fully saturated rings. The van der Waals surface area contributed by atoms with Crippen LogP contribution in [-0.2, 0) is 10.5 Å². The smallest absolute Gasteiger partial charge is 0.230 e. The van der Waals surface area contributed by atoms with Crippen LogP contribution in [0.2, 0.25) is 0 Å². The number of hydrogen-bond acceptors (Lipinski definition) is 6. The van der Waals surface area contributed by atoms with Crippen molar-refractivity contribution in [2.75, 3.05) is 18.8 Å². The molecular weight excluding hydrogens is 397 g/mol. The Kier molecular flexibility index (Phi) is 8.02. The molecule has 0 radical (unpaired) electrons. The molecule has 2 atom stereocenters.